The van der Waals surface area contributed by atoms with E-state index in [0.717, 1.165) is 0 Å². The number of halogens is 4. The molecular weight excluding hydrogens is 478 g/mol. The molecule has 29 heavy (non-hydrogen) atoms. The van der Waals surface area contributed by atoms with Crippen LogP contribution in [0.4, 0.5) is 20.2 Å². The number of benzene rings is 2. The number of hydrogen-bond acceptors (Lipinski definition) is 5. The third-order valence-corrected chi connectivity index (χ3v) is 4.99. The van der Waals surface area contributed by atoms with Crippen LogP contribution in [0.5, 0.6) is 5.75 Å². The number of nitrogens with zero attached hydrogens (tertiary/aromatic N) is 1. The highest BCUT2D eigenvalue weighted by atomic mass is 79.9. The van der Waals surface area contributed by atoms with Gasteiger partial charge >= 0.3 is 12.6 Å². The zero-order valence-electron chi connectivity index (χ0n) is 15.0. The molecule has 0 saturated carbocycles. The zero-order chi connectivity index (χ0) is 21.8. The van der Waals surface area contributed by atoms with E-state index in [1.807, 2.05) is 0 Å². The standard InChI is InChI=1S/C18H16BrClF2N2O5/c1-2-18(9-16(25)26,12-8-11(20)4-6-15(12)29-17(21)22)23-13-7-10(19)3-5-14(13)24(27)28/h3-8,17,23H,2,9H2,1H3,(H,25,26)/t18-/m1/s1. The van der Waals surface area contributed by atoms with Crippen LogP contribution in [0.25, 0.3) is 0 Å². The van der Waals surface area contributed by atoms with Crippen molar-refractivity contribution in [3.05, 3.63) is 61.6 Å². The van der Waals surface area contributed by atoms with Gasteiger partial charge in [-0.3, -0.25) is 14.9 Å². The van der Waals surface area contributed by atoms with E-state index in [1.165, 1.54) is 36.4 Å². The van der Waals surface area contributed by atoms with E-state index in [4.69, 9.17) is 11.6 Å². The molecule has 11 heteroatoms. The summed E-state index contributed by atoms with van der Waals surface area (Å²) in [6.45, 7) is -1.54. The Balaban J connectivity index is 2.71. The lowest BCUT2D eigenvalue weighted by molar-refractivity contribution is -0.384. The van der Waals surface area contributed by atoms with Gasteiger partial charge in [0.1, 0.15) is 11.4 Å². The molecule has 0 aromatic heterocycles. The van der Waals surface area contributed by atoms with E-state index in [9.17, 15) is 28.8 Å². The average Bonchev–Trinajstić information content (AvgIpc) is 2.61. The number of rotatable bonds is 9. The molecule has 0 aliphatic carbocycles. The van der Waals surface area contributed by atoms with Crippen LogP contribution in [0.1, 0.15) is 25.3 Å². The molecule has 0 heterocycles. The molecule has 0 unspecified atom stereocenters. The molecular formula is C18H16BrClF2N2O5. The van der Waals surface area contributed by atoms with Gasteiger partial charge in [-0.1, -0.05) is 34.5 Å². The number of carbonyl (C=O) groups is 1. The van der Waals surface area contributed by atoms with Crippen LogP contribution in [-0.4, -0.2) is 22.6 Å². The molecule has 2 aromatic carbocycles. The first-order valence-corrected chi connectivity index (χ1v) is 9.44. The number of nitrogens with one attached hydrogen (secondary N) is 1. The van der Waals surface area contributed by atoms with Gasteiger partial charge in [-0.15, -0.1) is 0 Å². The third kappa shape index (κ3) is 5.54. The summed E-state index contributed by atoms with van der Waals surface area (Å²) < 4.78 is 30.9. The summed E-state index contributed by atoms with van der Waals surface area (Å²) in [6, 6.07) is 7.94. The lowest BCUT2D eigenvalue weighted by Crippen LogP contribution is -2.38. The molecule has 2 aromatic rings. The summed E-state index contributed by atoms with van der Waals surface area (Å²) in [5.41, 5.74) is -1.78. The van der Waals surface area contributed by atoms with E-state index in [2.05, 4.69) is 26.0 Å². The summed E-state index contributed by atoms with van der Waals surface area (Å²) in [5.74, 6) is -1.53. The molecule has 0 bridgehead atoms. The number of anilines is 1. The summed E-state index contributed by atoms with van der Waals surface area (Å²) in [7, 11) is 0. The first kappa shape index (κ1) is 22.8. The maximum atomic E-state index is 12.9. The highest BCUT2D eigenvalue weighted by Gasteiger charge is 2.38. The molecule has 7 nitrogen and oxygen atoms in total. The van der Waals surface area contributed by atoms with E-state index in [-0.39, 0.29) is 34.1 Å². The Labute approximate surface area is 177 Å². The van der Waals surface area contributed by atoms with E-state index < -0.39 is 29.5 Å². The lowest BCUT2D eigenvalue weighted by Gasteiger charge is -2.35. The van der Waals surface area contributed by atoms with Crippen molar-refractivity contribution in [2.24, 2.45) is 0 Å². The maximum Gasteiger partial charge on any atom is 0.387 e. The number of nitro benzene ring substituents is 1. The number of aliphatic carboxylic acids is 1. The number of ether oxygens (including phenoxy) is 1. The predicted molar refractivity (Wildman–Crippen MR) is 107 cm³/mol. The van der Waals surface area contributed by atoms with Crippen molar-refractivity contribution in [1.82, 2.24) is 0 Å². The van der Waals surface area contributed by atoms with Crippen LogP contribution in [0.15, 0.2) is 40.9 Å². The van der Waals surface area contributed by atoms with Gasteiger partial charge in [0.05, 0.1) is 16.9 Å². The molecule has 1 atom stereocenters. The summed E-state index contributed by atoms with van der Waals surface area (Å²) >= 11 is 9.25. The van der Waals surface area contributed by atoms with Gasteiger partial charge in [-0.05, 0) is 36.8 Å². The van der Waals surface area contributed by atoms with Crippen molar-refractivity contribution >= 4 is 44.9 Å². The van der Waals surface area contributed by atoms with Crippen LogP contribution in [0.3, 0.4) is 0 Å². The Morgan fingerprint density at radius 2 is 2.07 bits per heavy atom. The van der Waals surface area contributed by atoms with E-state index in [1.54, 1.807) is 6.92 Å². The quantitative estimate of drug-likeness (QED) is 0.338. The van der Waals surface area contributed by atoms with Gasteiger partial charge in [0, 0.05) is 21.1 Å². The molecule has 2 rings (SSSR count). The average molecular weight is 494 g/mol. The molecule has 0 fully saturated rings. The lowest BCUT2D eigenvalue weighted by atomic mass is 9.83. The van der Waals surface area contributed by atoms with Crippen LogP contribution in [0.2, 0.25) is 5.02 Å². The minimum absolute atomic E-state index is 0.00967. The van der Waals surface area contributed by atoms with Crippen molar-refractivity contribution in [2.45, 2.75) is 31.9 Å². The van der Waals surface area contributed by atoms with Crippen molar-refractivity contribution in [3.63, 3.8) is 0 Å². The number of hydrogen-bond donors (Lipinski definition) is 2. The normalized spacial score (nSPS) is 13.0. The van der Waals surface area contributed by atoms with Gasteiger partial charge in [-0.25, -0.2) is 0 Å². The Morgan fingerprint density at radius 3 is 2.62 bits per heavy atom. The monoisotopic (exact) mass is 492 g/mol. The molecule has 2 N–H and O–H groups in total. The second kappa shape index (κ2) is 9.36. The third-order valence-electron chi connectivity index (χ3n) is 4.26. The van der Waals surface area contributed by atoms with Gasteiger partial charge in [0.25, 0.3) is 5.69 Å². The van der Waals surface area contributed by atoms with Crippen molar-refractivity contribution in [1.29, 1.82) is 0 Å². The Bertz CT molecular complexity index is 931. The van der Waals surface area contributed by atoms with Gasteiger partial charge < -0.3 is 15.2 Å². The fourth-order valence-corrected chi connectivity index (χ4v) is 3.50. The molecule has 0 amide bonds. The second-order valence-electron chi connectivity index (χ2n) is 6.07. The molecule has 0 aliphatic rings. The van der Waals surface area contributed by atoms with Crippen LogP contribution in [0, 0.1) is 10.1 Å². The predicted octanol–water partition coefficient (Wildman–Crippen LogP) is 5.80. The fourth-order valence-electron chi connectivity index (χ4n) is 2.97. The fraction of sp³-hybridized carbons (Fsp3) is 0.278. The second-order valence-corrected chi connectivity index (χ2v) is 7.42. The van der Waals surface area contributed by atoms with Crippen molar-refractivity contribution < 1.29 is 28.3 Å². The smallest absolute Gasteiger partial charge is 0.387 e. The molecule has 0 aliphatic heterocycles. The van der Waals surface area contributed by atoms with Crippen LogP contribution in [-0.2, 0) is 10.3 Å². The summed E-state index contributed by atoms with van der Waals surface area (Å²) in [4.78, 5) is 22.4. The molecule has 0 radical (unpaired) electrons. The van der Waals surface area contributed by atoms with E-state index >= 15 is 0 Å². The number of nitro groups is 1. The minimum atomic E-state index is -3.16. The maximum absolute atomic E-state index is 12.9. The Kier molecular flexibility index (Phi) is 7.37. The highest BCUT2D eigenvalue weighted by molar-refractivity contribution is 9.10. The van der Waals surface area contributed by atoms with Crippen molar-refractivity contribution in [2.75, 3.05) is 5.32 Å². The van der Waals surface area contributed by atoms with Crippen LogP contribution < -0.4 is 10.1 Å². The molecule has 0 spiro atoms. The number of carboxylic acids is 1. The summed E-state index contributed by atoms with van der Waals surface area (Å²) in [5, 5.41) is 24.0. The van der Waals surface area contributed by atoms with Gasteiger partial charge in [-0.2, -0.15) is 8.78 Å². The van der Waals surface area contributed by atoms with Crippen molar-refractivity contribution in [3.8, 4) is 5.75 Å². The summed E-state index contributed by atoms with van der Waals surface area (Å²) in [6.07, 6.45) is -0.504. The van der Waals surface area contributed by atoms with E-state index in [0.29, 0.717) is 4.47 Å². The molecule has 0 saturated heterocycles. The first-order chi connectivity index (χ1) is 13.6. The molecule has 156 valence electrons. The highest BCUT2D eigenvalue weighted by Crippen LogP contribution is 2.42. The Hall–Kier alpha value is -2.46. The minimum Gasteiger partial charge on any atom is -0.481 e. The topological polar surface area (TPSA) is 102 Å². The zero-order valence-corrected chi connectivity index (χ0v) is 17.3. The first-order valence-electron chi connectivity index (χ1n) is 8.26. The SMILES string of the molecule is CC[C@](CC(=O)O)(Nc1cc(Br)ccc1[N+](=O)[O-])c1cc(Cl)ccc1OC(F)F. The van der Waals surface area contributed by atoms with Gasteiger partial charge in [0.2, 0.25) is 0 Å². The Morgan fingerprint density at radius 1 is 1.38 bits per heavy atom. The van der Waals surface area contributed by atoms with Gasteiger partial charge in [0.15, 0.2) is 0 Å². The van der Waals surface area contributed by atoms with Crippen LogP contribution >= 0.6 is 27.5 Å². The number of alkyl halides is 2. The largest absolute Gasteiger partial charge is 0.481 e. The number of carboxylic acid groups (broad SMARTS) is 1.